The molecule has 0 radical (unpaired) electrons. The predicted molar refractivity (Wildman–Crippen MR) is 108 cm³/mol. The zero-order valence-corrected chi connectivity index (χ0v) is 16.0. The molecule has 3 heterocycles. The summed E-state index contributed by atoms with van der Waals surface area (Å²) in [7, 11) is 0. The van der Waals surface area contributed by atoms with Gasteiger partial charge in [-0.05, 0) is 54.8 Å². The van der Waals surface area contributed by atoms with Gasteiger partial charge in [0.15, 0.2) is 0 Å². The second-order valence-electron chi connectivity index (χ2n) is 7.33. The number of pyridine rings is 1. The Morgan fingerprint density at radius 3 is 2.36 bits per heavy atom. The van der Waals surface area contributed by atoms with Crippen LogP contribution in [0.25, 0.3) is 0 Å². The Bertz CT molecular complexity index is 799. The number of anilines is 2. The zero-order chi connectivity index (χ0) is 19.3. The van der Waals surface area contributed by atoms with Gasteiger partial charge in [-0.15, -0.1) is 0 Å². The summed E-state index contributed by atoms with van der Waals surface area (Å²) in [4.78, 5) is 23.1. The molecule has 28 heavy (non-hydrogen) atoms. The van der Waals surface area contributed by atoms with Crippen molar-refractivity contribution in [2.75, 3.05) is 49.1 Å². The molecule has 2 aromatic rings. The molecule has 0 unspecified atom stereocenters. The van der Waals surface area contributed by atoms with E-state index in [9.17, 15) is 9.18 Å². The number of carbonyl (C=O) groups is 1. The Morgan fingerprint density at radius 1 is 0.964 bits per heavy atom. The SMILES string of the molecule is O=C(NCc1ccnc(N2CCN(c3ccc(F)cc3)CC2)c1)N1CCCC1. The molecule has 0 saturated carbocycles. The molecular formula is C21H26FN5O. The van der Waals surface area contributed by atoms with Gasteiger partial charge in [-0.1, -0.05) is 0 Å². The maximum absolute atomic E-state index is 13.1. The number of amides is 2. The number of piperazine rings is 1. The summed E-state index contributed by atoms with van der Waals surface area (Å²) >= 11 is 0. The molecule has 1 aromatic carbocycles. The van der Waals surface area contributed by atoms with Crippen molar-refractivity contribution in [3.05, 3.63) is 54.0 Å². The Morgan fingerprint density at radius 2 is 1.64 bits per heavy atom. The molecule has 0 spiro atoms. The van der Waals surface area contributed by atoms with Crippen LogP contribution in [-0.4, -0.2) is 55.2 Å². The summed E-state index contributed by atoms with van der Waals surface area (Å²) in [5.74, 6) is 0.729. The maximum Gasteiger partial charge on any atom is 0.317 e. The average Bonchev–Trinajstić information content (AvgIpc) is 3.28. The van der Waals surface area contributed by atoms with Gasteiger partial charge in [0.25, 0.3) is 0 Å². The smallest absolute Gasteiger partial charge is 0.317 e. The number of hydrogen-bond donors (Lipinski definition) is 1. The lowest BCUT2D eigenvalue weighted by atomic mass is 10.2. The summed E-state index contributed by atoms with van der Waals surface area (Å²) in [6.45, 7) is 5.66. The highest BCUT2D eigenvalue weighted by molar-refractivity contribution is 5.74. The molecule has 148 valence electrons. The third-order valence-electron chi connectivity index (χ3n) is 5.44. The molecule has 2 aliphatic rings. The number of urea groups is 1. The molecule has 0 aliphatic carbocycles. The maximum atomic E-state index is 13.1. The summed E-state index contributed by atoms with van der Waals surface area (Å²) in [6, 6.07) is 10.7. The van der Waals surface area contributed by atoms with Crippen LogP contribution in [0.15, 0.2) is 42.6 Å². The van der Waals surface area contributed by atoms with Crippen LogP contribution >= 0.6 is 0 Å². The molecule has 7 heteroatoms. The molecule has 1 N–H and O–H groups in total. The third kappa shape index (κ3) is 4.35. The first-order chi connectivity index (χ1) is 13.7. The van der Waals surface area contributed by atoms with Crippen molar-refractivity contribution < 1.29 is 9.18 Å². The van der Waals surface area contributed by atoms with Crippen LogP contribution in [-0.2, 0) is 6.54 Å². The van der Waals surface area contributed by atoms with E-state index in [1.54, 1.807) is 6.20 Å². The van der Waals surface area contributed by atoms with E-state index in [4.69, 9.17) is 0 Å². The Hall–Kier alpha value is -2.83. The molecule has 4 rings (SSSR count). The monoisotopic (exact) mass is 383 g/mol. The minimum Gasteiger partial charge on any atom is -0.368 e. The molecule has 2 fully saturated rings. The van der Waals surface area contributed by atoms with E-state index in [0.29, 0.717) is 6.54 Å². The first-order valence-electron chi connectivity index (χ1n) is 9.92. The highest BCUT2D eigenvalue weighted by Gasteiger charge is 2.19. The first kappa shape index (κ1) is 18.5. The number of hydrogen-bond acceptors (Lipinski definition) is 4. The predicted octanol–water partition coefficient (Wildman–Crippen LogP) is 2.85. The number of likely N-dealkylation sites (tertiary alicyclic amines) is 1. The van der Waals surface area contributed by atoms with Gasteiger partial charge in [0, 0.05) is 57.7 Å². The number of nitrogens with one attached hydrogen (secondary N) is 1. The number of rotatable bonds is 4. The lowest BCUT2D eigenvalue weighted by Crippen LogP contribution is -2.46. The Kier molecular flexibility index (Phi) is 5.60. The van der Waals surface area contributed by atoms with E-state index in [1.807, 2.05) is 23.1 Å². The van der Waals surface area contributed by atoms with Crippen molar-refractivity contribution in [1.29, 1.82) is 0 Å². The topological polar surface area (TPSA) is 51.7 Å². The minimum atomic E-state index is -0.208. The second-order valence-corrected chi connectivity index (χ2v) is 7.33. The summed E-state index contributed by atoms with van der Waals surface area (Å²) in [5, 5.41) is 3.01. The van der Waals surface area contributed by atoms with E-state index in [-0.39, 0.29) is 11.8 Å². The summed E-state index contributed by atoms with van der Waals surface area (Å²) in [5.41, 5.74) is 2.10. The molecule has 2 aliphatic heterocycles. The fourth-order valence-corrected chi connectivity index (χ4v) is 3.80. The lowest BCUT2D eigenvalue weighted by Gasteiger charge is -2.36. The number of carbonyl (C=O) groups excluding carboxylic acids is 1. The van der Waals surface area contributed by atoms with Gasteiger partial charge in [0.05, 0.1) is 0 Å². The number of nitrogens with zero attached hydrogens (tertiary/aromatic N) is 4. The highest BCUT2D eigenvalue weighted by atomic mass is 19.1. The van der Waals surface area contributed by atoms with Crippen LogP contribution < -0.4 is 15.1 Å². The van der Waals surface area contributed by atoms with Crippen LogP contribution in [0.3, 0.4) is 0 Å². The van der Waals surface area contributed by atoms with Crippen molar-refractivity contribution in [3.63, 3.8) is 0 Å². The normalized spacial score (nSPS) is 17.1. The molecule has 1 aromatic heterocycles. The van der Waals surface area contributed by atoms with Gasteiger partial charge in [-0.3, -0.25) is 0 Å². The van der Waals surface area contributed by atoms with E-state index in [1.165, 1.54) is 12.1 Å². The van der Waals surface area contributed by atoms with E-state index < -0.39 is 0 Å². The van der Waals surface area contributed by atoms with Crippen LogP contribution in [0, 0.1) is 5.82 Å². The quantitative estimate of drug-likeness (QED) is 0.882. The average molecular weight is 383 g/mol. The molecule has 6 nitrogen and oxygen atoms in total. The van der Waals surface area contributed by atoms with E-state index >= 15 is 0 Å². The van der Waals surface area contributed by atoms with Gasteiger partial charge in [-0.2, -0.15) is 0 Å². The van der Waals surface area contributed by atoms with Gasteiger partial charge in [0.1, 0.15) is 11.6 Å². The minimum absolute atomic E-state index is 0.0174. The lowest BCUT2D eigenvalue weighted by molar-refractivity contribution is 0.208. The van der Waals surface area contributed by atoms with Gasteiger partial charge in [-0.25, -0.2) is 14.2 Å². The van der Waals surface area contributed by atoms with Crippen molar-refractivity contribution in [1.82, 2.24) is 15.2 Å². The van der Waals surface area contributed by atoms with Crippen molar-refractivity contribution in [3.8, 4) is 0 Å². The largest absolute Gasteiger partial charge is 0.368 e. The van der Waals surface area contributed by atoms with Gasteiger partial charge < -0.3 is 20.0 Å². The summed E-state index contributed by atoms with van der Waals surface area (Å²) in [6.07, 6.45) is 3.99. The van der Waals surface area contributed by atoms with Crippen LogP contribution in [0.2, 0.25) is 0 Å². The van der Waals surface area contributed by atoms with Gasteiger partial charge >= 0.3 is 6.03 Å². The van der Waals surface area contributed by atoms with Crippen molar-refractivity contribution in [2.45, 2.75) is 19.4 Å². The molecule has 2 amide bonds. The highest BCUT2D eigenvalue weighted by Crippen LogP contribution is 2.20. The van der Waals surface area contributed by atoms with Crippen LogP contribution in [0.1, 0.15) is 18.4 Å². The van der Waals surface area contributed by atoms with Crippen molar-refractivity contribution >= 4 is 17.5 Å². The summed E-state index contributed by atoms with van der Waals surface area (Å²) < 4.78 is 13.1. The third-order valence-corrected chi connectivity index (χ3v) is 5.44. The Balaban J connectivity index is 1.32. The molecule has 2 saturated heterocycles. The number of halogens is 1. The fourth-order valence-electron chi connectivity index (χ4n) is 3.80. The zero-order valence-electron chi connectivity index (χ0n) is 16.0. The fraction of sp³-hybridized carbons (Fsp3) is 0.429. The van der Waals surface area contributed by atoms with Crippen molar-refractivity contribution in [2.24, 2.45) is 0 Å². The standard InChI is InChI=1S/C21H26FN5O/c22-18-3-5-19(6-4-18)25-11-13-26(14-12-25)20-15-17(7-8-23-20)16-24-21(28)27-9-1-2-10-27/h3-8,15H,1-2,9-14,16H2,(H,24,28). The van der Waals surface area contributed by atoms with E-state index in [2.05, 4.69) is 26.2 Å². The molecule has 0 bridgehead atoms. The molecule has 0 atom stereocenters. The Labute approximate surface area is 165 Å². The number of benzene rings is 1. The molecular weight excluding hydrogens is 357 g/mol. The van der Waals surface area contributed by atoms with Gasteiger partial charge in [0.2, 0.25) is 0 Å². The van der Waals surface area contributed by atoms with E-state index in [0.717, 1.165) is 69.2 Å². The van der Waals surface area contributed by atoms with Crippen LogP contribution in [0.4, 0.5) is 20.7 Å². The number of aromatic nitrogens is 1. The first-order valence-corrected chi connectivity index (χ1v) is 9.92. The van der Waals surface area contributed by atoms with Crippen LogP contribution in [0.5, 0.6) is 0 Å². The second kappa shape index (κ2) is 8.46.